The highest BCUT2D eigenvalue weighted by Gasteiger charge is 2.48. The molecule has 0 aliphatic carbocycles. The Bertz CT molecular complexity index is 663. The molecule has 0 amide bonds. The highest BCUT2D eigenvalue weighted by molar-refractivity contribution is 5.24. The Labute approximate surface area is 142 Å². The van der Waals surface area contributed by atoms with Crippen LogP contribution in [0.3, 0.4) is 0 Å². The summed E-state index contributed by atoms with van der Waals surface area (Å²) in [5.74, 6) is -0.100. The van der Waals surface area contributed by atoms with E-state index in [2.05, 4.69) is 4.90 Å². The van der Waals surface area contributed by atoms with E-state index in [1.165, 1.54) is 0 Å². The Hall–Kier alpha value is -2.24. The van der Waals surface area contributed by atoms with E-state index in [0.717, 1.165) is 11.1 Å². The van der Waals surface area contributed by atoms with Crippen LogP contribution in [0.5, 0.6) is 0 Å². The summed E-state index contributed by atoms with van der Waals surface area (Å²) in [6.45, 7) is 1.51. The van der Waals surface area contributed by atoms with Gasteiger partial charge in [0.05, 0.1) is 19.1 Å². The lowest BCUT2D eigenvalue weighted by molar-refractivity contribution is -0.528. The average Bonchev–Trinajstić information content (AvgIpc) is 2.94. The number of likely N-dealkylation sites (tertiary alicyclic amines) is 1. The van der Waals surface area contributed by atoms with Crippen molar-refractivity contribution in [1.82, 2.24) is 4.90 Å². The third kappa shape index (κ3) is 3.63. The normalized spacial score (nSPS) is 24.1. The Morgan fingerprint density at radius 3 is 2.38 bits per heavy atom. The third-order valence-electron chi connectivity index (χ3n) is 4.73. The van der Waals surface area contributed by atoms with Crippen LogP contribution in [-0.4, -0.2) is 42.1 Å². The van der Waals surface area contributed by atoms with Crippen molar-refractivity contribution >= 4 is 0 Å². The molecule has 0 saturated carbocycles. The van der Waals surface area contributed by atoms with Gasteiger partial charge in [-0.2, -0.15) is 0 Å². The van der Waals surface area contributed by atoms with Crippen molar-refractivity contribution in [3.05, 3.63) is 81.9 Å². The quantitative estimate of drug-likeness (QED) is 0.605. The van der Waals surface area contributed by atoms with E-state index in [1.807, 2.05) is 67.7 Å². The average molecular weight is 326 g/mol. The number of hydrogen-bond acceptors (Lipinski definition) is 4. The number of nitrogens with zero attached hydrogens (tertiary/aromatic N) is 2. The fourth-order valence-corrected chi connectivity index (χ4v) is 3.47. The second-order valence-electron chi connectivity index (χ2n) is 6.30. The highest BCUT2D eigenvalue weighted by atomic mass is 16.6. The van der Waals surface area contributed by atoms with Crippen LogP contribution in [0.15, 0.2) is 60.7 Å². The predicted octanol–water partition coefficient (Wildman–Crippen LogP) is 2.95. The van der Waals surface area contributed by atoms with E-state index < -0.39 is 6.04 Å². The van der Waals surface area contributed by atoms with E-state index in [1.54, 1.807) is 0 Å². The first-order valence-corrected chi connectivity index (χ1v) is 8.17. The van der Waals surface area contributed by atoms with Gasteiger partial charge in [0.25, 0.3) is 0 Å². The molecule has 0 N–H and O–H groups in total. The number of rotatable bonds is 6. The zero-order chi connectivity index (χ0) is 16.9. The second-order valence-corrected chi connectivity index (χ2v) is 6.30. The molecule has 1 saturated heterocycles. The van der Waals surface area contributed by atoms with Crippen LogP contribution in [0.4, 0.5) is 0 Å². The zero-order valence-corrected chi connectivity index (χ0v) is 13.7. The molecule has 1 aliphatic rings. The van der Waals surface area contributed by atoms with Gasteiger partial charge in [-0.3, -0.25) is 15.0 Å². The Kier molecular flexibility index (Phi) is 5.23. The summed E-state index contributed by atoms with van der Waals surface area (Å²) < 4.78 is 5.79. The van der Waals surface area contributed by atoms with Crippen LogP contribution in [0.1, 0.15) is 17.0 Å². The van der Waals surface area contributed by atoms with Crippen LogP contribution in [0.25, 0.3) is 0 Å². The summed E-state index contributed by atoms with van der Waals surface area (Å²) >= 11 is 0. The molecule has 5 heteroatoms. The van der Waals surface area contributed by atoms with E-state index >= 15 is 0 Å². The van der Waals surface area contributed by atoms with Crippen molar-refractivity contribution < 1.29 is 9.66 Å². The molecule has 0 radical (unpaired) electrons. The fraction of sp³-hybridized carbons (Fsp3) is 0.368. The lowest BCUT2D eigenvalue weighted by atomic mass is 9.92. The Morgan fingerprint density at radius 2 is 1.75 bits per heavy atom. The van der Waals surface area contributed by atoms with Gasteiger partial charge in [-0.1, -0.05) is 60.7 Å². The van der Waals surface area contributed by atoms with E-state index in [9.17, 15) is 10.1 Å². The summed E-state index contributed by atoms with van der Waals surface area (Å²) in [4.78, 5) is 13.6. The van der Waals surface area contributed by atoms with Crippen LogP contribution < -0.4 is 0 Å². The zero-order valence-electron chi connectivity index (χ0n) is 13.7. The highest BCUT2D eigenvalue weighted by Crippen LogP contribution is 2.33. The van der Waals surface area contributed by atoms with Crippen molar-refractivity contribution in [2.75, 3.05) is 20.2 Å². The van der Waals surface area contributed by atoms with Crippen LogP contribution in [0.2, 0.25) is 0 Å². The minimum atomic E-state index is -0.645. The van der Waals surface area contributed by atoms with Gasteiger partial charge in [0.1, 0.15) is 6.04 Å². The van der Waals surface area contributed by atoms with Crippen molar-refractivity contribution in [3.63, 3.8) is 0 Å². The number of ether oxygens (including phenoxy) is 1. The molecule has 1 fully saturated rings. The van der Waals surface area contributed by atoms with Crippen molar-refractivity contribution in [1.29, 1.82) is 0 Å². The standard InChI is InChI=1S/C19H22N2O3/c1-20-12-17(16-10-6-3-7-11-16)19(21(22)23)18(20)14-24-13-15-8-4-2-5-9-15/h2-11,17-19H,12-14H2,1H3/t17-,18+,19-/m0/s1. The molecular formula is C19H22N2O3. The van der Waals surface area contributed by atoms with Crippen molar-refractivity contribution in [3.8, 4) is 0 Å². The minimum Gasteiger partial charge on any atom is -0.375 e. The molecule has 0 aromatic heterocycles. The van der Waals surface area contributed by atoms with Crippen molar-refractivity contribution in [2.24, 2.45) is 0 Å². The largest absolute Gasteiger partial charge is 0.375 e. The summed E-state index contributed by atoms with van der Waals surface area (Å²) in [5, 5.41) is 11.7. The molecule has 2 aromatic carbocycles. The van der Waals surface area contributed by atoms with Gasteiger partial charge in [0, 0.05) is 11.5 Å². The van der Waals surface area contributed by atoms with Crippen LogP contribution in [0, 0.1) is 10.1 Å². The Morgan fingerprint density at radius 1 is 1.12 bits per heavy atom. The van der Waals surface area contributed by atoms with Gasteiger partial charge >= 0.3 is 0 Å². The SMILES string of the molecule is CN1C[C@@H](c2ccccc2)[C@H]([N+](=O)[O-])[C@H]1COCc1ccccc1. The number of nitro groups is 1. The first-order chi connectivity index (χ1) is 11.7. The molecule has 3 atom stereocenters. The number of likely N-dealkylation sites (N-methyl/N-ethyl adjacent to an activating group) is 1. The monoisotopic (exact) mass is 326 g/mol. The number of hydrogen-bond donors (Lipinski definition) is 0. The van der Waals surface area contributed by atoms with Gasteiger partial charge in [0.15, 0.2) is 0 Å². The van der Waals surface area contributed by atoms with E-state index in [0.29, 0.717) is 19.8 Å². The van der Waals surface area contributed by atoms with E-state index in [4.69, 9.17) is 4.74 Å². The first-order valence-electron chi connectivity index (χ1n) is 8.17. The van der Waals surface area contributed by atoms with Gasteiger partial charge in [-0.25, -0.2) is 0 Å². The topological polar surface area (TPSA) is 55.6 Å². The third-order valence-corrected chi connectivity index (χ3v) is 4.73. The van der Waals surface area contributed by atoms with Crippen LogP contribution >= 0.6 is 0 Å². The Balaban J connectivity index is 1.68. The molecular weight excluding hydrogens is 304 g/mol. The van der Waals surface area contributed by atoms with Crippen LogP contribution in [-0.2, 0) is 11.3 Å². The smallest absolute Gasteiger partial charge is 0.238 e. The summed E-state index contributed by atoms with van der Waals surface area (Å²) in [7, 11) is 1.94. The molecule has 2 aromatic rings. The summed E-state index contributed by atoms with van der Waals surface area (Å²) in [6.07, 6.45) is 0. The molecule has 0 bridgehead atoms. The molecule has 24 heavy (non-hydrogen) atoms. The van der Waals surface area contributed by atoms with Gasteiger partial charge in [-0.05, 0) is 18.2 Å². The first kappa shape index (κ1) is 16.6. The van der Waals surface area contributed by atoms with E-state index in [-0.39, 0.29) is 16.9 Å². The summed E-state index contributed by atoms with van der Waals surface area (Å²) in [5.41, 5.74) is 2.10. The molecule has 126 valence electrons. The maximum Gasteiger partial charge on any atom is 0.238 e. The molecule has 0 unspecified atom stereocenters. The van der Waals surface area contributed by atoms with Gasteiger partial charge in [0.2, 0.25) is 6.04 Å². The molecule has 1 aliphatic heterocycles. The molecule has 0 spiro atoms. The van der Waals surface area contributed by atoms with Crippen molar-refractivity contribution in [2.45, 2.75) is 24.6 Å². The van der Waals surface area contributed by atoms with Gasteiger partial charge in [-0.15, -0.1) is 0 Å². The predicted molar refractivity (Wildman–Crippen MR) is 92.5 cm³/mol. The molecule has 1 heterocycles. The second kappa shape index (κ2) is 7.55. The number of benzene rings is 2. The maximum absolute atomic E-state index is 11.7. The van der Waals surface area contributed by atoms with Gasteiger partial charge < -0.3 is 4.74 Å². The minimum absolute atomic E-state index is 0.100. The molecule has 3 rings (SSSR count). The maximum atomic E-state index is 11.7. The summed E-state index contributed by atoms with van der Waals surface area (Å²) in [6, 6.07) is 18.8. The molecule has 5 nitrogen and oxygen atoms in total. The lowest BCUT2D eigenvalue weighted by Crippen LogP contribution is -2.41. The fourth-order valence-electron chi connectivity index (χ4n) is 3.47. The lowest BCUT2D eigenvalue weighted by Gasteiger charge is -2.20.